The standard InChI is InChI=1S/C18H23Cl4N3O3/c1-18(2,3)28-17(27)23-10-4-6-25(7-5-10)9-13(26)24-16-14(21)11(19)8-12(20)15(16)22/h8,10H,4-7,9H2,1-3H3,(H,23,27)(H,24,26). The number of carbonyl (C=O) groups is 2. The van der Waals surface area contributed by atoms with Crippen molar-refractivity contribution in [2.45, 2.75) is 45.3 Å². The van der Waals surface area contributed by atoms with Crippen molar-refractivity contribution in [3.63, 3.8) is 0 Å². The second-order valence-electron chi connectivity index (χ2n) is 7.59. The SMILES string of the molecule is CC(C)(C)OC(=O)NC1CCN(CC(=O)Nc2c(Cl)c(Cl)cc(Cl)c2Cl)CC1. The van der Waals surface area contributed by atoms with E-state index in [1.54, 1.807) is 0 Å². The molecule has 0 spiro atoms. The molecule has 0 radical (unpaired) electrons. The van der Waals surface area contributed by atoms with Gasteiger partial charge in [-0.25, -0.2) is 4.79 Å². The van der Waals surface area contributed by atoms with Crippen LogP contribution in [0.25, 0.3) is 0 Å². The van der Waals surface area contributed by atoms with Crippen molar-refractivity contribution in [1.29, 1.82) is 0 Å². The van der Waals surface area contributed by atoms with Gasteiger partial charge in [0.05, 0.1) is 32.3 Å². The maximum atomic E-state index is 12.4. The topological polar surface area (TPSA) is 70.7 Å². The molecule has 0 bridgehead atoms. The molecule has 156 valence electrons. The molecule has 0 saturated carbocycles. The quantitative estimate of drug-likeness (QED) is 0.591. The van der Waals surface area contributed by atoms with Gasteiger partial charge in [0.25, 0.3) is 0 Å². The van der Waals surface area contributed by atoms with E-state index in [4.69, 9.17) is 51.1 Å². The lowest BCUT2D eigenvalue weighted by Crippen LogP contribution is -2.47. The first kappa shape index (κ1) is 23.4. The number of alkyl carbamates (subject to hydrolysis) is 1. The molecule has 0 atom stereocenters. The number of ether oxygens (including phenoxy) is 1. The second-order valence-corrected chi connectivity index (χ2v) is 9.16. The molecule has 2 amide bonds. The van der Waals surface area contributed by atoms with E-state index in [1.165, 1.54) is 6.07 Å². The minimum atomic E-state index is -0.533. The largest absolute Gasteiger partial charge is 0.444 e. The van der Waals surface area contributed by atoms with E-state index in [-0.39, 0.29) is 44.3 Å². The Morgan fingerprint density at radius 1 is 1.11 bits per heavy atom. The van der Waals surface area contributed by atoms with Crippen molar-refractivity contribution in [3.8, 4) is 0 Å². The van der Waals surface area contributed by atoms with Gasteiger partial charge in [0.1, 0.15) is 5.60 Å². The molecule has 6 nitrogen and oxygen atoms in total. The molecule has 2 N–H and O–H groups in total. The summed E-state index contributed by atoms with van der Waals surface area (Å²) in [5.74, 6) is -0.277. The molecule has 1 aliphatic rings. The predicted octanol–water partition coefficient (Wildman–Crippen LogP) is 5.23. The van der Waals surface area contributed by atoms with Gasteiger partial charge in [-0.2, -0.15) is 0 Å². The van der Waals surface area contributed by atoms with Crippen molar-refractivity contribution >= 4 is 64.1 Å². The lowest BCUT2D eigenvalue weighted by Gasteiger charge is -2.32. The summed E-state index contributed by atoms with van der Waals surface area (Å²) in [5.41, 5.74) is -0.332. The normalized spacial score (nSPS) is 16.0. The van der Waals surface area contributed by atoms with Crippen LogP contribution in [0.15, 0.2) is 6.07 Å². The van der Waals surface area contributed by atoms with Gasteiger partial charge in [0, 0.05) is 19.1 Å². The molecule has 1 aromatic carbocycles. The Balaban J connectivity index is 1.84. The number of piperidine rings is 1. The maximum absolute atomic E-state index is 12.4. The van der Waals surface area contributed by atoms with E-state index in [0.29, 0.717) is 13.1 Å². The molecule has 1 fully saturated rings. The highest BCUT2D eigenvalue weighted by Gasteiger charge is 2.25. The molecular weight excluding hydrogens is 448 g/mol. The highest BCUT2D eigenvalue weighted by atomic mass is 35.5. The fraction of sp³-hybridized carbons (Fsp3) is 0.556. The first-order valence-electron chi connectivity index (χ1n) is 8.81. The minimum absolute atomic E-state index is 0.0183. The van der Waals surface area contributed by atoms with Crippen LogP contribution in [0, 0.1) is 0 Å². The van der Waals surface area contributed by atoms with Gasteiger partial charge in [0.15, 0.2) is 0 Å². The first-order valence-corrected chi connectivity index (χ1v) is 10.3. The molecule has 0 aliphatic carbocycles. The number of amides is 2. The number of rotatable bonds is 4. The molecule has 1 saturated heterocycles. The average Bonchev–Trinajstić information content (AvgIpc) is 2.57. The van der Waals surface area contributed by atoms with Gasteiger partial charge in [0.2, 0.25) is 5.91 Å². The molecule has 1 heterocycles. The van der Waals surface area contributed by atoms with Crippen LogP contribution >= 0.6 is 46.4 Å². The average molecular weight is 471 g/mol. The Bertz CT molecular complexity index is 718. The molecular formula is C18H23Cl4N3O3. The number of hydrogen-bond donors (Lipinski definition) is 2. The number of anilines is 1. The number of halogens is 4. The van der Waals surface area contributed by atoms with Crippen molar-refractivity contribution in [2.75, 3.05) is 25.0 Å². The zero-order valence-corrected chi connectivity index (χ0v) is 18.9. The van der Waals surface area contributed by atoms with Gasteiger partial charge in [-0.15, -0.1) is 0 Å². The fourth-order valence-corrected chi connectivity index (χ4v) is 3.68. The summed E-state index contributed by atoms with van der Waals surface area (Å²) in [7, 11) is 0. The van der Waals surface area contributed by atoms with Crippen molar-refractivity contribution in [2.24, 2.45) is 0 Å². The maximum Gasteiger partial charge on any atom is 0.407 e. The highest BCUT2D eigenvalue weighted by molar-refractivity contribution is 6.50. The summed E-state index contributed by atoms with van der Waals surface area (Å²) in [6.45, 7) is 6.94. The summed E-state index contributed by atoms with van der Waals surface area (Å²) in [6.07, 6.45) is 1.01. The number of carbonyl (C=O) groups excluding carboxylic acids is 2. The monoisotopic (exact) mass is 469 g/mol. The third-order valence-electron chi connectivity index (χ3n) is 4.05. The van der Waals surface area contributed by atoms with E-state index in [2.05, 4.69) is 10.6 Å². The molecule has 1 aromatic rings. The second kappa shape index (κ2) is 9.72. The van der Waals surface area contributed by atoms with E-state index in [0.717, 1.165) is 12.8 Å². The van der Waals surface area contributed by atoms with Crippen molar-refractivity contribution < 1.29 is 14.3 Å². The number of benzene rings is 1. The summed E-state index contributed by atoms with van der Waals surface area (Å²) >= 11 is 24.2. The summed E-state index contributed by atoms with van der Waals surface area (Å²) < 4.78 is 5.27. The van der Waals surface area contributed by atoms with Crippen LogP contribution in [0.1, 0.15) is 33.6 Å². The lowest BCUT2D eigenvalue weighted by atomic mass is 10.1. The van der Waals surface area contributed by atoms with Crippen LogP contribution in [0.5, 0.6) is 0 Å². The van der Waals surface area contributed by atoms with Crippen LogP contribution in [-0.2, 0) is 9.53 Å². The fourth-order valence-electron chi connectivity index (χ4n) is 2.77. The van der Waals surface area contributed by atoms with Crippen LogP contribution in [-0.4, -0.2) is 48.2 Å². The Labute approximate surface area is 184 Å². The molecule has 0 unspecified atom stereocenters. The van der Waals surface area contributed by atoms with Crippen LogP contribution in [0.2, 0.25) is 20.1 Å². The van der Waals surface area contributed by atoms with Crippen LogP contribution < -0.4 is 10.6 Å². The van der Waals surface area contributed by atoms with E-state index in [1.807, 2.05) is 25.7 Å². The third kappa shape index (κ3) is 6.85. The van der Waals surface area contributed by atoms with Gasteiger partial charge in [-0.05, 0) is 39.7 Å². The lowest BCUT2D eigenvalue weighted by molar-refractivity contribution is -0.117. The molecule has 10 heteroatoms. The molecule has 2 rings (SSSR count). The van der Waals surface area contributed by atoms with Gasteiger partial charge >= 0.3 is 6.09 Å². The summed E-state index contributed by atoms with van der Waals surface area (Å²) in [4.78, 5) is 26.2. The van der Waals surface area contributed by atoms with E-state index >= 15 is 0 Å². The number of nitrogens with zero attached hydrogens (tertiary/aromatic N) is 1. The minimum Gasteiger partial charge on any atom is -0.444 e. The summed E-state index contributed by atoms with van der Waals surface area (Å²) in [5, 5.41) is 6.24. The predicted molar refractivity (Wildman–Crippen MR) is 114 cm³/mol. The highest BCUT2D eigenvalue weighted by Crippen LogP contribution is 2.41. The van der Waals surface area contributed by atoms with Crippen LogP contribution in [0.4, 0.5) is 10.5 Å². The van der Waals surface area contributed by atoms with Crippen molar-refractivity contribution in [1.82, 2.24) is 10.2 Å². The van der Waals surface area contributed by atoms with Crippen molar-refractivity contribution in [3.05, 3.63) is 26.2 Å². The first-order chi connectivity index (χ1) is 13.0. The Morgan fingerprint density at radius 2 is 1.64 bits per heavy atom. The number of hydrogen-bond acceptors (Lipinski definition) is 4. The van der Waals surface area contributed by atoms with Gasteiger partial charge < -0.3 is 15.4 Å². The Hall–Kier alpha value is -0.920. The van der Waals surface area contributed by atoms with Gasteiger partial charge in [-0.1, -0.05) is 46.4 Å². The van der Waals surface area contributed by atoms with Crippen LogP contribution in [0.3, 0.4) is 0 Å². The molecule has 1 aliphatic heterocycles. The Kier molecular flexibility index (Phi) is 8.11. The zero-order chi connectivity index (χ0) is 21.1. The number of nitrogens with one attached hydrogen (secondary N) is 2. The smallest absolute Gasteiger partial charge is 0.407 e. The summed E-state index contributed by atoms with van der Waals surface area (Å²) in [6, 6.07) is 1.44. The van der Waals surface area contributed by atoms with E-state index < -0.39 is 11.7 Å². The molecule has 28 heavy (non-hydrogen) atoms. The zero-order valence-electron chi connectivity index (χ0n) is 15.9. The third-order valence-corrected chi connectivity index (χ3v) is 5.63. The number of likely N-dealkylation sites (tertiary alicyclic amines) is 1. The van der Waals surface area contributed by atoms with E-state index in [9.17, 15) is 9.59 Å². The Morgan fingerprint density at radius 3 is 2.14 bits per heavy atom. The van der Waals surface area contributed by atoms with Gasteiger partial charge in [-0.3, -0.25) is 9.69 Å². The molecule has 0 aromatic heterocycles.